The quantitative estimate of drug-likeness (QED) is 0.617. The first-order valence-electron chi connectivity index (χ1n) is 5.80. The molecule has 0 amide bonds. The second kappa shape index (κ2) is 6.61. The molecule has 1 unspecified atom stereocenters. The lowest BCUT2D eigenvalue weighted by Gasteiger charge is -2.15. The van der Waals surface area contributed by atoms with Crippen molar-refractivity contribution in [3.8, 4) is 0 Å². The zero-order chi connectivity index (χ0) is 12.8. The van der Waals surface area contributed by atoms with Crippen molar-refractivity contribution < 1.29 is 0 Å². The third-order valence-electron chi connectivity index (χ3n) is 2.44. The minimum atomic E-state index is 0.232. The molecule has 0 spiro atoms. The number of hydrogen-bond acceptors (Lipinski definition) is 4. The number of benzene rings is 1. The molecule has 0 fully saturated rings. The number of thioether (sulfide) groups is 1. The maximum atomic E-state index is 4.34. The average molecular weight is 276 g/mol. The van der Waals surface area contributed by atoms with Crippen LogP contribution in [0.3, 0.4) is 0 Å². The first-order valence-corrected chi connectivity index (χ1v) is 7.66. The number of hydrogen-bond donors (Lipinski definition) is 1. The molecular weight excluding hydrogens is 260 g/mol. The van der Waals surface area contributed by atoms with E-state index >= 15 is 0 Å². The fraction of sp³-hybridized carbons (Fsp3) is 0.214. The number of nitrogens with zero attached hydrogens (tertiary/aromatic N) is 1. The summed E-state index contributed by atoms with van der Waals surface area (Å²) in [5.74, 6) is 0.921. The van der Waals surface area contributed by atoms with Crippen molar-refractivity contribution in [1.29, 1.82) is 0 Å². The summed E-state index contributed by atoms with van der Waals surface area (Å²) in [5.41, 5.74) is 1.16. The van der Waals surface area contributed by atoms with E-state index in [1.807, 2.05) is 17.7 Å². The molecule has 0 saturated carbocycles. The van der Waals surface area contributed by atoms with Crippen LogP contribution in [0, 0.1) is 0 Å². The van der Waals surface area contributed by atoms with Crippen LogP contribution in [0.1, 0.15) is 18.0 Å². The molecule has 94 valence electrons. The van der Waals surface area contributed by atoms with Gasteiger partial charge in [-0.25, -0.2) is 4.98 Å². The maximum absolute atomic E-state index is 4.34. The molecule has 0 saturated heterocycles. The highest BCUT2D eigenvalue weighted by Gasteiger charge is 2.09. The Morgan fingerprint density at radius 2 is 2.33 bits per heavy atom. The van der Waals surface area contributed by atoms with Gasteiger partial charge in [-0.1, -0.05) is 18.2 Å². The number of anilines is 1. The Morgan fingerprint density at radius 1 is 1.50 bits per heavy atom. The van der Waals surface area contributed by atoms with E-state index in [-0.39, 0.29) is 6.04 Å². The zero-order valence-electron chi connectivity index (χ0n) is 10.3. The van der Waals surface area contributed by atoms with Crippen LogP contribution in [0.25, 0.3) is 0 Å². The van der Waals surface area contributed by atoms with Crippen molar-refractivity contribution in [2.45, 2.75) is 17.9 Å². The van der Waals surface area contributed by atoms with Crippen LogP contribution in [-0.2, 0) is 0 Å². The van der Waals surface area contributed by atoms with Crippen molar-refractivity contribution in [1.82, 2.24) is 4.98 Å². The second-order valence-corrected chi connectivity index (χ2v) is 5.82. The summed E-state index contributed by atoms with van der Waals surface area (Å²) < 4.78 is 0. The van der Waals surface area contributed by atoms with E-state index in [9.17, 15) is 0 Å². The van der Waals surface area contributed by atoms with Gasteiger partial charge in [0.2, 0.25) is 0 Å². The van der Waals surface area contributed by atoms with E-state index in [1.165, 1.54) is 4.90 Å². The molecule has 2 rings (SSSR count). The van der Waals surface area contributed by atoms with Crippen LogP contribution in [0.4, 0.5) is 5.69 Å². The van der Waals surface area contributed by atoms with Gasteiger partial charge in [-0.15, -0.1) is 29.7 Å². The summed E-state index contributed by atoms with van der Waals surface area (Å²) in [6.07, 6.45) is 3.77. The summed E-state index contributed by atoms with van der Waals surface area (Å²) in [5, 5.41) is 6.63. The standard InChI is InChI=1S/C14H16N2S2/c1-3-9-17-13-7-5-4-6-12(13)16-11(2)14-15-8-10-18-14/h3-8,10-11,16H,1,9H2,2H3. The molecule has 2 nitrogen and oxygen atoms in total. The van der Waals surface area contributed by atoms with Gasteiger partial charge in [0.1, 0.15) is 5.01 Å². The van der Waals surface area contributed by atoms with Gasteiger partial charge in [-0.2, -0.15) is 0 Å². The lowest BCUT2D eigenvalue weighted by Crippen LogP contribution is -2.06. The van der Waals surface area contributed by atoms with Crippen molar-refractivity contribution >= 4 is 28.8 Å². The highest BCUT2D eigenvalue weighted by Crippen LogP contribution is 2.30. The van der Waals surface area contributed by atoms with Gasteiger partial charge < -0.3 is 5.32 Å². The summed E-state index contributed by atoms with van der Waals surface area (Å²) in [6, 6.07) is 8.58. The van der Waals surface area contributed by atoms with E-state index < -0.39 is 0 Å². The molecule has 0 aliphatic carbocycles. The molecule has 0 bridgehead atoms. The number of thiazole rings is 1. The van der Waals surface area contributed by atoms with E-state index in [0.29, 0.717) is 0 Å². The molecule has 1 atom stereocenters. The number of para-hydroxylation sites is 1. The van der Waals surface area contributed by atoms with Crippen LogP contribution in [0.5, 0.6) is 0 Å². The fourth-order valence-corrected chi connectivity index (χ4v) is 3.00. The van der Waals surface area contributed by atoms with Crippen molar-refractivity contribution in [2.75, 3.05) is 11.1 Å². The number of rotatable bonds is 6. The monoisotopic (exact) mass is 276 g/mol. The molecule has 1 N–H and O–H groups in total. The van der Waals surface area contributed by atoms with Gasteiger partial charge in [-0.3, -0.25) is 0 Å². The summed E-state index contributed by atoms with van der Waals surface area (Å²) in [7, 11) is 0. The van der Waals surface area contributed by atoms with Gasteiger partial charge >= 0.3 is 0 Å². The van der Waals surface area contributed by atoms with Gasteiger partial charge in [-0.05, 0) is 19.1 Å². The van der Waals surface area contributed by atoms with Crippen molar-refractivity contribution in [2.24, 2.45) is 0 Å². The lowest BCUT2D eigenvalue weighted by molar-refractivity contribution is 0.865. The minimum Gasteiger partial charge on any atom is -0.375 e. The SMILES string of the molecule is C=CCSc1ccccc1NC(C)c1nccs1. The molecule has 1 aromatic heterocycles. The molecule has 1 heterocycles. The predicted octanol–water partition coefficient (Wildman–Crippen LogP) is 4.59. The molecule has 1 aromatic carbocycles. The van der Waals surface area contributed by atoms with Crippen LogP contribution < -0.4 is 5.32 Å². The first kappa shape index (κ1) is 13.2. The van der Waals surface area contributed by atoms with Crippen LogP contribution in [0.15, 0.2) is 53.4 Å². The minimum absolute atomic E-state index is 0.232. The van der Waals surface area contributed by atoms with E-state index in [4.69, 9.17) is 0 Å². The van der Waals surface area contributed by atoms with Crippen LogP contribution in [-0.4, -0.2) is 10.7 Å². The second-order valence-electron chi connectivity index (χ2n) is 3.83. The normalized spacial score (nSPS) is 12.1. The molecule has 4 heteroatoms. The highest BCUT2D eigenvalue weighted by molar-refractivity contribution is 7.99. The predicted molar refractivity (Wildman–Crippen MR) is 81.5 cm³/mol. The highest BCUT2D eigenvalue weighted by atomic mass is 32.2. The molecule has 18 heavy (non-hydrogen) atoms. The van der Waals surface area contributed by atoms with Gasteiger partial charge in [0.05, 0.1) is 6.04 Å². The van der Waals surface area contributed by atoms with Crippen LogP contribution in [0.2, 0.25) is 0 Å². The van der Waals surface area contributed by atoms with Gasteiger partial charge in [0.25, 0.3) is 0 Å². The Labute approximate surface area is 116 Å². The van der Waals surface area contributed by atoms with Crippen molar-refractivity contribution in [3.63, 3.8) is 0 Å². The number of aromatic nitrogens is 1. The lowest BCUT2D eigenvalue weighted by atomic mass is 10.2. The third-order valence-corrected chi connectivity index (χ3v) is 4.47. The van der Waals surface area contributed by atoms with Crippen molar-refractivity contribution in [3.05, 3.63) is 53.5 Å². The van der Waals surface area contributed by atoms with Gasteiger partial charge in [0.15, 0.2) is 0 Å². The Bertz CT molecular complexity index is 494. The fourth-order valence-electron chi connectivity index (χ4n) is 1.60. The summed E-state index contributed by atoms with van der Waals surface area (Å²) >= 11 is 3.47. The summed E-state index contributed by atoms with van der Waals surface area (Å²) in [4.78, 5) is 5.59. The first-order chi connectivity index (χ1) is 8.81. The molecule has 0 aliphatic heterocycles. The largest absolute Gasteiger partial charge is 0.375 e. The van der Waals surface area contributed by atoms with E-state index in [2.05, 4.69) is 48.1 Å². The Balaban J connectivity index is 2.10. The maximum Gasteiger partial charge on any atom is 0.115 e. The molecule has 0 aliphatic rings. The zero-order valence-corrected chi connectivity index (χ0v) is 11.9. The Hall–Kier alpha value is -1.26. The van der Waals surface area contributed by atoms with E-state index in [0.717, 1.165) is 16.4 Å². The molecule has 2 aromatic rings. The van der Waals surface area contributed by atoms with Gasteiger partial charge in [0, 0.05) is 27.9 Å². The Morgan fingerprint density at radius 3 is 3.06 bits per heavy atom. The van der Waals surface area contributed by atoms with Crippen LogP contribution >= 0.6 is 23.1 Å². The summed E-state index contributed by atoms with van der Waals surface area (Å²) in [6.45, 7) is 5.89. The average Bonchev–Trinajstić information content (AvgIpc) is 2.91. The smallest absolute Gasteiger partial charge is 0.115 e. The third kappa shape index (κ3) is 3.37. The topological polar surface area (TPSA) is 24.9 Å². The molecular formula is C14H16N2S2. The molecule has 0 radical (unpaired) electrons. The Kier molecular flexibility index (Phi) is 4.84. The number of nitrogens with one attached hydrogen (secondary N) is 1. The van der Waals surface area contributed by atoms with E-state index in [1.54, 1.807) is 23.1 Å².